The molecule has 232 valence electrons. The van der Waals surface area contributed by atoms with Crippen LogP contribution in [-0.4, -0.2) is 113 Å². The first-order valence-electron chi connectivity index (χ1n) is 13.1. The van der Waals surface area contributed by atoms with Crippen LogP contribution in [0.1, 0.15) is 19.8 Å². The third-order valence-electron chi connectivity index (χ3n) is 4.92. The summed E-state index contributed by atoms with van der Waals surface area (Å²) in [5.74, 6) is -0.222. The quantitative estimate of drug-likeness (QED) is 0.102. The number of unbranched alkanes of at least 4 members (excludes halogenated alkanes) is 1. The summed E-state index contributed by atoms with van der Waals surface area (Å²) in [6.45, 7) is 28.0. The van der Waals surface area contributed by atoms with Crippen molar-refractivity contribution in [3.63, 3.8) is 0 Å². The molecule has 0 radical (unpaired) electrons. The Bertz CT molecular complexity index is 769. The van der Waals surface area contributed by atoms with Crippen LogP contribution in [0.25, 0.3) is 0 Å². The van der Waals surface area contributed by atoms with Gasteiger partial charge in [-0.05, 0) is 24.6 Å². The van der Waals surface area contributed by atoms with Crippen LogP contribution < -0.4 is 0 Å². The van der Waals surface area contributed by atoms with Crippen LogP contribution in [0.2, 0.25) is 0 Å². The maximum Gasteiger partial charge on any atom is 0.238 e. The normalized spacial score (nSPS) is 9.49. The molecule has 0 aliphatic carbocycles. The Morgan fingerprint density at radius 3 is 1.10 bits per heavy atom. The lowest BCUT2D eigenvalue weighted by Gasteiger charge is -2.28. The molecule has 0 bridgehead atoms. The number of carbonyl (C=O) groups excluding carboxylic acids is 4. The predicted molar refractivity (Wildman–Crippen MR) is 175 cm³/mol. The third-order valence-corrected chi connectivity index (χ3v) is 5.66. The Hall–Kier alpha value is -2.65. The molecule has 0 fully saturated rings. The summed E-state index contributed by atoms with van der Waals surface area (Å²) in [7, 11) is 0. The first-order valence-corrected chi connectivity index (χ1v) is 14.5. The van der Waals surface area contributed by atoms with E-state index in [1.165, 1.54) is 0 Å². The van der Waals surface area contributed by atoms with Gasteiger partial charge in [-0.3, -0.25) is 24.1 Å². The SMILES string of the molecule is C=CCN(CC=C)C(=O)CCl.C=CCN(CC=C)C(=O)CN(CCCC)CC(=O)N(CC=C)CC=C.O=C(Cl)CCl. The Morgan fingerprint density at radius 1 is 0.585 bits per heavy atom. The third kappa shape index (κ3) is 24.8. The van der Waals surface area contributed by atoms with Gasteiger partial charge in [-0.2, -0.15) is 0 Å². The van der Waals surface area contributed by atoms with E-state index in [0.29, 0.717) is 45.8 Å². The maximum atomic E-state index is 12.5. The smallest absolute Gasteiger partial charge is 0.238 e. The average molecular weight is 634 g/mol. The lowest BCUT2D eigenvalue weighted by molar-refractivity contribution is -0.135. The van der Waals surface area contributed by atoms with Crippen LogP contribution in [0.3, 0.4) is 0 Å². The Morgan fingerprint density at radius 2 is 0.878 bits per heavy atom. The van der Waals surface area contributed by atoms with Crippen molar-refractivity contribution in [2.24, 2.45) is 0 Å². The molecule has 0 aromatic carbocycles. The molecule has 8 nitrogen and oxygen atoms in total. The second kappa shape index (κ2) is 30.3. The van der Waals surface area contributed by atoms with Crippen LogP contribution >= 0.6 is 34.8 Å². The molecule has 3 amide bonds. The van der Waals surface area contributed by atoms with Gasteiger partial charge in [0.15, 0.2) is 0 Å². The van der Waals surface area contributed by atoms with Gasteiger partial charge in [-0.25, -0.2) is 0 Å². The average Bonchev–Trinajstić information content (AvgIpc) is 2.95. The van der Waals surface area contributed by atoms with Crippen LogP contribution in [0, 0.1) is 0 Å². The number of halogens is 3. The van der Waals surface area contributed by atoms with Gasteiger partial charge in [0.2, 0.25) is 23.0 Å². The van der Waals surface area contributed by atoms with Crippen molar-refractivity contribution >= 4 is 57.8 Å². The first-order chi connectivity index (χ1) is 19.6. The summed E-state index contributed by atoms with van der Waals surface area (Å²) in [5, 5.41) is -0.508. The van der Waals surface area contributed by atoms with Crippen LogP contribution in [0.15, 0.2) is 75.9 Å². The van der Waals surface area contributed by atoms with Crippen LogP contribution in [0.4, 0.5) is 0 Å². The molecule has 0 aromatic heterocycles. The van der Waals surface area contributed by atoms with Gasteiger partial charge in [0.1, 0.15) is 5.88 Å². The van der Waals surface area contributed by atoms with E-state index in [1.807, 2.05) is 4.90 Å². The molecule has 0 unspecified atom stereocenters. The Kier molecular flexibility index (Phi) is 31.7. The summed E-state index contributed by atoms with van der Waals surface area (Å²) in [5.41, 5.74) is 0. The lowest BCUT2D eigenvalue weighted by Crippen LogP contribution is -2.46. The highest BCUT2D eigenvalue weighted by atomic mass is 35.5. The molecule has 0 aliphatic heterocycles. The lowest BCUT2D eigenvalue weighted by atomic mass is 10.3. The van der Waals surface area contributed by atoms with E-state index in [9.17, 15) is 19.2 Å². The fourth-order valence-electron chi connectivity index (χ4n) is 3.03. The second-order valence-electron chi connectivity index (χ2n) is 8.31. The van der Waals surface area contributed by atoms with E-state index < -0.39 is 5.24 Å². The zero-order valence-corrected chi connectivity index (χ0v) is 26.7. The van der Waals surface area contributed by atoms with Crippen LogP contribution in [0.5, 0.6) is 0 Å². The molecule has 11 heteroatoms. The molecular formula is C30H47Cl3N4O4. The van der Waals surface area contributed by atoms with Crippen molar-refractivity contribution < 1.29 is 19.2 Å². The summed E-state index contributed by atoms with van der Waals surface area (Å²) < 4.78 is 0. The van der Waals surface area contributed by atoms with E-state index in [1.54, 1.807) is 51.2 Å². The van der Waals surface area contributed by atoms with Gasteiger partial charge in [-0.15, -0.1) is 62.7 Å². The molecule has 0 aliphatic rings. The topological polar surface area (TPSA) is 81.2 Å². The standard InChI is InChI=1S/C20H33N3O2.C8H12ClNO.C2H2Cl2O/c1-6-11-16-21(17-19(24)22(12-7-2)13-8-3)18-20(25)23(14-9-4)15-10-5;1-3-5-10(6-4-2)8(11)7-9;3-1-2(4)5/h7-10H,2-6,11-18H2,1H3;3-4H,1-2,5-7H2;1H2. The van der Waals surface area contributed by atoms with E-state index in [2.05, 4.69) is 46.4 Å². The monoisotopic (exact) mass is 632 g/mol. The largest absolute Gasteiger partial charge is 0.334 e. The van der Waals surface area contributed by atoms with Crippen molar-refractivity contribution in [2.45, 2.75) is 19.8 Å². The number of alkyl halides is 2. The molecule has 0 aromatic rings. The van der Waals surface area contributed by atoms with E-state index in [4.69, 9.17) is 34.8 Å². The molecule has 0 N–H and O–H groups in total. The number of nitrogens with zero attached hydrogens (tertiary/aromatic N) is 4. The van der Waals surface area contributed by atoms with Gasteiger partial charge in [0.25, 0.3) is 0 Å². The predicted octanol–water partition coefficient (Wildman–Crippen LogP) is 4.91. The zero-order chi connectivity index (χ0) is 32.1. The van der Waals surface area contributed by atoms with E-state index in [-0.39, 0.29) is 42.6 Å². The van der Waals surface area contributed by atoms with Crippen molar-refractivity contribution in [1.29, 1.82) is 0 Å². The minimum atomic E-state index is -0.508. The van der Waals surface area contributed by atoms with Gasteiger partial charge in [0.05, 0.1) is 19.0 Å². The Balaban J connectivity index is -0.000000739. The minimum absolute atomic E-state index is 0.0156. The molecule has 0 atom stereocenters. The summed E-state index contributed by atoms with van der Waals surface area (Å²) in [6.07, 6.45) is 12.0. The van der Waals surface area contributed by atoms with Gasteiger partial charge in [0, 0.05) is 39.3 Å². The summed E-state index contributed by atoms with van der Waals surface area (Å²) in [6, 6.07) is 0. The number of rotatable bonds is 21. The van der Waals surface area contributed by atoms with Crippen molar-refractivity contribution in [2.75, 3.05) is 70.7 Å². The molecule has 0 heterocycles. The highest BCUT2D eigenvalue weighted by molar-refractivity contribution is 6.67. The highest BCUT2D eigenvalue weighted by Gasteiger charge is 2.20. The van der Waals surface area contributed by atoms with E-state index >= 15 is 0 Å². The number of hydrogen-bond donors (Lipinski definition) is 0. The van der Waals surface area contributed by atoms with E-state index in [0.717, 1.165) is 12.8 Å². The number of hydrogen-bond acceptors (Lipinski definition) is 5. The van der Waals surface area contributed by atoms with Crippen molar-refractivity contribution in [3.8, 4) is 0 Å². The summed E-state index contributed by atoms with van der Waals surface area (Å²) in [4.78, 5) is 52.3. The second-order valence-corrected chi connectivity index (χ2v) is 9.27. The number of carbonyl (C=O) groups is 4. The molecular weight excluding hydrogens is 587 g/mol. The van der Waals surface area contributed by atoms with Gasteiger partial charge < -0.3 is 14.7 Å². The van der Waals surface area contributed by atoms with Gasteiger partial charge in [-0.1, -0.05) is 49.8 Å². The van der Waals surface area contributed by atoms with Crippen LogP contribution in [-0.2, 0) is 19.2 Å². The highest BCUT2D eigenvalue weighted by Crippen LogP contribution is 2.02. The fourth-order valence-corrected chi connectivity index (χ4v) is 3.20. The zero-order valence-electron chi connectivity index (χ0n) is 24.5. The Labute approximate surface area is 262 Å². The minimum Gasteiger partial charge on any atom is -0.334 e. The van der Waals surface area contributed by atoms with Gasteiger partial charge >= 0.3 is 0 Å². The molecule has 0 rings (SSSR count). The summed E-state index contributed by atoms with van der Waals surface area (Å²) >= 11 is 14.9. The number of amides is 3. The maximum absolute atomic E-state index is 12.5. The van der Waals surface area contributed by atoms with Crippen molar-refractivity contribution in [1.82, 2.24) is 19.6 Å². The molecule has 0 spiro atoms. The van der Waals surface area contributed by atoms with Crippen molar-refractivity contribution in [3.05, 3.63) is 75.9 Å². The molecule has 0 saturated heterocycles. The molecule has 0 saturated carbocycles. The molecule has 41 heavy (non-hydrogen) atoms. The first kappa shape index (κ1) is 42.8. The fraction of sp³-hybridized carbons (Fsp3) is 0.467.